The summed E-state index contributed by atoms with van der Waals surface area (Å²) in [5.41, 5.74) is 9.49. The fourth-order valence-electron chi connectivity index (χ4n) is 3.12. The lowest BCUT2D eigenvalue weighted by Crippen LogP contribution is -2.43. The number of aryl methyl sites for hydroxylation is 2. The molecule has 0 radical (unpaired) electrons. The summed E-state index contributed by atoms with van der Waals surface area (Å²) in [6.45, 7) is 5.73. The molecule has 0 aliphatic carbocycles. The van der Waals surface area contributed by atoms with Gasteiger partial charge in [-0.05, 0) is 56.0 Å². The van der Waals surface area contributed by atoms with Gasteiger partial charge in [0.2, 0.25) is 0 Å². The van der Waals surface area contributed by atoms with E-state index in [4.69, 9.17) is 5.73 Å². The van der Waals surface area contributed by atoms with Crippen LogP contribution >= 0.6 is 0 Å². The van der Waals surface area contributed by atoms with Gasteiger partial charge in [-0.1, -0.05) is 6.07 Å². The number of nitrogens with two attached hydrogens (primary N) is 1. The fourth-order valence-corrected chi connectivity index (χ4v) is 3.12. The molecule has 1 atom stereocenters. The predicted octanol–water partition coefficient (Wildman–Crippen LogP) is 2.39. The van der Waals surface area contributed by atoms with Gasteiger partial charge in [0.05, 0.1) is 5.69 Å². The van der Waals surface area contributed by atoms with E-state index in [0.29, 0.717) is 5.69 Å². The number of phenols is 1. The number of anilines is 1. The lowest BCUT2D eigenvalue weighted by atomic mass is 10.0. The number of rotatable bonds is 2. The molecule has 1 aromatic carbocycles. The second-order valence-corrected chi connectivity index (χ2v) is 6.10. The van der Waals surface area contributed by atoms with Crippen molar-refractivity contribution < 1.29 is 5.11 Å². The highest BCUT2D eigenvalue weighted by Gasteiger charge is 2.18. The van der Waals surface area contributed by atoms with Crippen LogP contribution in [-0.4, -0.2) is 34.4 Å². The zero-order chi connectivity index (χ0) is 15.7. The van der Waals surface area contributed by atoms with Crippen molar-refractivity contribution in [3.8, 4) is 17.0 Å². The van der Waals surface area contributed by atoms with Gasteiger partial charge in [0, 0.05) is 24.7 Å². The Morgan fingerprint density at radius 3 is 2.68 bits per heavy atom. The SMILES string of the molecule is Cc1cc(C)c(-c2ccc(N3CCC[C@H](N)C3)nn2)c(O)c1. The number of hydrogen-bond acceptors (Lipinski definition) is 5. The minimum absolute atomic E-state index is 0.207. The van der Waals surface area contributed by atoms with Gasteiger partial charge in [-0.2, -0.15) is 0 Å². The van der Waals surface area contributed by atoms with Crippen LogP contribution in [0.1, 0.15) is 24.0 Å². The molecule has 1 saturated heterocycles. The molecule has 3 rings (SSSR count). The molecule has 2 heterocycles. The molecule has 0 bridgehead atoms. The van der Waals surface area contributed by atoms with E-state index in [1.807, 2.05) is 32.0 Å². The summed E-state index contributed by atoms with van der Waals surface area (Å²) in [5.74, 6) is 1.10. The zero-order valence-electron chi connectivity index (χ0n) is 13.1. The van der Waals surface area contributed by atoms with Gasteiger partial charge in [0.15, 0.2) is 5.82 Å². The highest BCUT2D eigenvalue weighted by atomic mass is 16.3. The van der Waals surface area contributed by atoms with Crippen molar-refractivity contribution in [3.63, 3.8) is 0 Å². The van der Waals surface area contributed by atoms with Crippen molar-refractivity contribution in [3.05, 3.63) is 35.4 Å². The third-order valence-electron chi connectivity index (χ3n) is 4.15. The lowest BCUT2D eigenvalue weighted by Gasteiger charge is -2.31. The Morgan fingerprint density at radius 1 is 1.23 bits per heavy atom. The topological polar surface area (TPSA) is 75.3 Å². The van der Waals surface area contributed by atoms with E-state index >= 15 is 0 Å². The molecule has 0 unspecified atom stereocenters. The molecule has 2 aromatic rings. The Balaban J connectivity index is 1.89. The summed E-state index contributed by atoms with van der Waals surface area (Å²) in [4.78, 5) is 2.17. The summed E-state index contributed by atoms with van der Waals surface area (Å²) in [5, 5.41) is 18.8. The summed E-state index contributed by atoms with van der Waals surface area (Å²) < 4.78 is 0. The van der Waals surface area contributed by atoms with Gasteiger partial charge in [-0.25, -0.2) is 0 Å². The largest absolute Gasteiger partial charge is 0.507 e. The van der Waals surface area contributed by atoms with Gasteiger partial charge in [0.1, 0.15) is 5.75 Å². The summed E-state index contributed by atoms with van der Waals surface area (Å²) in [7, 11) is 0. The van der Waals surface area contributed by atoms with Crippen molar-refractivity contribution in [2.24, 2.45) is 5.73 Å². The van der Waals surface area contributed by atoms with E-state index < -0.39 is 0 Å². The van der Waals surface area contributed by atoms with E-state index in [-0.39, 0.29) is 11.8 Å². The lowest BCUT2D eigenvalue weighted by molar-refractivity contribution is 0.476. The molecule has 116 valence electrons. The Bertz CT molecular complexity index is 646. The molecule has 0 amide bonds. The summed E-state index contributed by atoms with van der Waals surface area (Å²) in [6.07, 6.45) is 2.15. The highest BCUT2D eigenvalue weighted by Crippen LogP contribution is 2.32. The first kappa shape index (κ1) is 14.8. The van der Waals surface area contributed by atoms with Gasteiger partial charge >= 0.3 is 0 Å². The number of phenolic OH excluding ortho intramolecular Hbond substituents is 1. The molecule has 5 heteroatoms. The third-order valence-corrected chi connectivity index (χ3v) is 4.15. The maximum Gasteiger partial charge on any atom is 0.151 e. The number of nitrogens with zero attached hydrogens (tertiary/aromatic N) is 3. The van der Waals surface area contributed by atoms with E-state index in [2.05, 4.69) is 15.1 Å². The smallest absolute Gasteiger partial charge is 0.151 e. The molecule has 5 nitrogen and oxygen atoms in total. The minimum atomic E-state index is 0.207. The Hall–Kier alpha value is -2.14. The molecular weight excluding hydrogens is 276 g/mol. The second kappa shape index (κ2) is 5.93. The molecule has 1 fully saturated rings. The average Bonchev–Trinajstić information content (AvgIpc) is 2.47. The molecule has 22 heavy (non-hydrogen) atoms. The van der Waals surface area contributed by atoms with Crippen LogP contribution in [0.2, 0.25) is 0 Å². The Labute approximate surface area is 130 Å². The summed E-state index contributed by atoms with van der Waals surface area (Å²) >= 11 is 0. The van der Waals surface area contributed by atoms with Gasteiger partial charge in [0.25, 0.3) is 0 Å². The Morgan fingerprint density at radius 2 is 2.05 bits per heavy atom. The van der Waals surface area contributed by atoms with E-state index in [0.717, 1.165) is 48.4 Å². The van der Waals surface area contributed by atoms with E-state index in [1.54, 1.807) is 6.07 Å². The molecule has 0 spiro atoms. The van der Waals surface area contributed by atoms with Crippen LogP contribution in [0.15, 0.2) is 24.3 Å². The number of aromatic nitrogens is 2. The first-order valence-corrected chi connectivity index (χ1v) is 7.69. The molecule has 1 aliphatic rings. The van der Waals surface area contributed by atoms with Gasteiger partial charge in [-0.3, -0.25) is 0 Å². The Kier molecular flexibility index (Phi) is 3.98. The zero-order valence-corrected chi connectivity index (χ0v) is 13.1. The number of hydrogen-bond donors (Lipinski definition) is 2. The maximum absolute atomic E-state index is 10.2. The van der Waals surface area contributed by atoms with Crippen molar-refractivity contribution in [1.82, 2.24) is 10.2 Å². The van der Waals surface area contributed by atoms with Crippen molar-refractivity contribution in [2.45, 2.75) is 32.7 Å². The third kappa shape index (κ3) is 2.90. The van der Waals surface area contributed by atoms with Crippen LogP contribution in [0.4, 0.5) is 5.82 Å². The average molecular weight is 298 g/mol. The summed E-state index contributed by atoms with van der Waals surface area (Å²) in [6, 6.07) is 7.87. The van der Waals surface area contributed by atoms with E-state index in [9.17, 15) is 5.11 Å². The molecule has 3 N–H and O–H groups in total. The molecular formula is C17H22N4O. The normalized spacial score (nSPS) is 18.5. The number of piperidine rings is 1. The van der Waals surface area contributed by atoms with Crippen LogP contribution in [0.5, 0.6) is 5.75 Å². The van der Waals surface area contributed by atoms with Gasteiger partial charge < -0.3 is 15.7 Å². The van der Waals surface area contributed by atoms with Gasteiger partial charge in [-0.15, -0.1) is 10.2 Å². The molecule has 1 aromatic heterocycles. The minimum Gasteiger partial charge on any atom is -0.507 e. The van der Waals surface area contributed by atoms with Crippen molar-refractivity contribution >= 4 is 5.82 Å². The van der Waals surface area contributed by atoms with Crippen molar-refractivity contribution in [1.29, 1.82) is 0 Å². The maximum atomic E-state index is 10.2. The van der Waals surface area contributed by atoms with Crippen LogP contribution in [0.25, 0.3) is 11.3 Å². The fraction of sp³-hybridized carbons (Fsp3) is 0.412. The van der Waals surface area contributed by atoms with Crippen LogP contribution in [0.3, 0.4) is 0 Å². The molecule has 1 aliphatic heterocycles. The second-order valence-electron chi connectivity index (χ2n) is 6.10. The highest BCUT2D eigenvalue weighted by molar-refractivity contribution is 5.71. The van der Waals surface area contributed by atoms with Crippen LogP contribution < -0.4 is 10.6 Å². The quantitative estimate of drug-likeness (QED) is 0.890. The molecule has 0 saturated carbocycles. The number of benzene rings is 1. The van der Waals surface area contributed by atoms with Crippen LogP contribution in [-0.2, 0) is 0 Å². The predicted molar refractivity (Wildman–Crippen MR) is 88.0 cm³/mol. The first-order chi connectivity index (χ1) is 10.5. The first-order valence-electron chi connectivity index (χ1n) is 7.69. The number of aromatic hydroxyl groups is 1. The van der Waals surface area contributed by atoms with Crippen molar-refractivity contribution in [2.75, 3.05) is 18.0 Å². The van der Waals surface area contributed by atoms with Crippen LogP contribution in [0, 0.1) is 13.8 Å². The standard InChI is InChI=1S/C17H22N4O/c1-11-8-12(2)17(15(22)9-11)14-5-6-16(20-19-14)21-7-3-4-13(18)10-21/h5-6,8-9,13,22H,3-4,7,10,18H2,1-2H3/t13-/m0/s1. The van der Waals surface area contributed by atoms with E-state index in [1.165, 1.54) is 0 Å². The monoisotopic (exact) mass is 298 g/mol.